The Morgan fingerprint density at radius 2 is 2.22 bits per heavy atom. The van der Waals surface area contributed by atoms with E-state index in [4.69, 9.17) is 0 Å². The van der Waals surface area contributed by atoms with Crippen LogP contribution in [0.3, 0.4) is 0 Å². The normalized spacial score (nSPS) is 6.44. The predicted molar refractivity (Wildman–Crippen MR) is 47.5 cm³/mol. The first-order chi connectivity index (χ1) is 4.41. The molecule has 0 spiro atoms. The molecule has 9 heavy (non-hydrogen) atoms. The van der Waals surface area contributed by atoms with Crippen LogP contribution in [-0.4, -0.2) is 11.5 Å². The van der Waals surface area contributed by atoms with E-state index in [-0.39, 0.29) is 0 Å². The molecule has 0 saturated heterocycles. The summed E-state index contributed by atoms with van der Waals surface area (Å²) in [5.41, 5.74) is 0. The number of rotatable bonds is 1. The first kappa shape index (κ1) is 8.82. The number of thiol groups is 1. The average Bonchev–Trinajstić information content (AvgIpc) is 1.89. The maximum absolute atomic E-state index is 3.92. The molecule has 0 aromatic heterocycles. The molecule has 0 saturated carbocycles. The van der Waals surface area contributed by atoms with Crippen LogP contribution in [0.25, 0.3) is 0 Å². The smallest absolute Gasteiger partial charge is 0.0670 e. The van der Waals surface area contributed by atoms with E-state index in [1.165, 1.54) is 11.8 Å². The molecule has 0 aromatic carbocycles. The molecule has 2 heteroatoms. The van der Waals surface area contributed by atoms with Crippen LogP contribution in [0, 0.1) is 23.0 Å². The molecule has 0 heterocycles. The van der Waals surface area contributed by atoms with Gasteiger partial charge >= 0.3 is 0 Å². The van der Waals surface area contributed by atoms with Crippen LogP contribution in [0.15, 0.2) is 0 Å². The largest absolute Gasteiger partial charge is 0.166 e. The molecule has 0 atom stereocenters. The summed E-state index contributed by atoms with van der Waals surface area (Å²) in [4.78, 5) is 0. The highest BCUT2D eigenvalue weighted by Gasteiger charge is 1.71. The Bertz CT molecular complexity index is 163. The summed E-state index contributed by atoms with van der Waals surface area (Å²) in [5, 5.41) is 2.86. The minimum atomic E-state index is 0.632. The van der Waals surface area contributed by atoms with E-state index in [2.05, 4.69) is 35.6 Å². The summed E-state index contributed by atoms with van der Waals surface area (Å²) in [6.45, 7) is 1.83. The Hall–Kier alpha value is -0.180. The lowest BCUT2D eigenvalue weighted by molar-refractivity contribution is 1.85. The summed E-state index contributed by atoms with van der Waals surface area (Å²) >= 11 is 5.44. The van der Waals surface area contributed by atoms with Gasteiger partial charge in [-0.2, -0.15) is 12.6 Å². The van der Waals surface area contributed by atoms with Crippen molar-refractivity contribution >= 4 is 24.4 Å². The molecule has 0 aliphatic carbocycles. The van der Waals surface area contributed by atoms with E-state index in [0.29, 0.717) is 5.75 Å². The van der Waals surface area contributed by atoms with Gasteiger partial charge in [0.25, 0.3) is 0 Å². The van der Waals surface area contributed by atoms with Gasteiger partial charge in [-0.25, -0.2) is 0 Å². The predicted octanol–water partition coefficient (Wildman–Crippen LogP) is 1.63. The minimum Gasteiger partial charge on any atom is -0.166 e. The van der Waals surface area contributed by atoms with Crippen molar-refractivity contribution in [1.82, 2.24) is 0 Å². The Kier molecular flexibility index (Phi) is 7.66. The zero-order chi connectivity index (χ0) is 6.95. The number of hydrogen-bond donors (Lipinski definition) is 1. The Balaban J connectivity index is 3.15. The molecular weight excluding hydrogens is 148 g/mol. The van der Waals surface area contributed by atoms with Crippen LogP contribution in [0.4, 0.5) is 0 Å². The maximum atomic E-state index is 3.92. The topological polar surface area (TPSA) is 0 Å². The van der Waals surface area contributed by atoms with Gasteiger partial charge in [0, 0.05) is 0 Å². The molecule has 0 aromatic rings. The first-order valence-corrected chi connectivity index (χ1v) is 4.13. The maximum Gasteiger partial charge on any atom is 0.0670 e. The second kappa shape index (κ2) is 7.82. The molecule has 0 bridgehead atoms. The SMILES string of the molecule is CC#CCSC#CCS. The van der Waals surface area contributed by atoms with Gasteiger partial charge in [-0.15, -0.1) is 5.92 Å². The highest BCUT2D eigenvalue weighted by atomic mass is 32.2. The quantitative estimate of drug-likeness (QED) is 0.342. The summed E-state index contributed by atoms with van der Waals surface area (Å²) in [5.74, 6) is 9.93. The van der Waals surface area contributed by atoms with Gasteiger partial charge in [-0.05, 0) is 12.2 Å². The van der Waals surface area contributed by atoms with Crippen molar-refractivity contribution in [1.29, 1.82) is 0 Å². The molecule has 0 nitrogen and oxygen atoms in total. The second-order valence-corrected chi connectivity index (χ2v) is 2.25. The molecule has 0 radical (unpaired) electrons. The van der Waals surface area contributed by atoms with E-state index in [1.807, 2.05) is 6.92 Å². The highest BCUT2D eigenvalue weighted by Crippen LogP contribution is 1.92. The lowest BCUT2D eigenvalue weighted by Crippen LogP contribution is -1.65. The van der Waals surface area contributed by atoms with Crippen LogP contribution in [-0.2, 0) is 0 Å². The van der Waals surface area contributed by atoms with Gasteiger partial charge in [0.2, 0.25) is 0 Å². The molecule has 48 valence electrons. The summed E-state index contributed by atoms with van der Waals surface area (Å²) in [6.07, 6.45) is 0. The fourth-order valence-corrected chi connectivity index (χ4v) is 0.877. The van der Waals surface area contributed by atoms with Crippen LogP contribution >= 0.6 is 24.4 Å². The Morgan fingerprint density at radius 3 is 2.78 bits per heavy atom. The van der Waals surface area contributed by atoms with Crippen LogP contribution in [0.1, 0.15) is 6.92 Å². The molecule has 0 aliphatic rings. The van der Waals surface area contributed by atoms with Crippen LogP contribution in [0.5, 0.6) is 0 Å². The molecule has 0 aliphatic heterocycles. The third-order valence-electron chi connectivity index (χ3n) is 0.545. The third kappa shape index (κ3) is 7.82. The molecular formula is C7H8S2. The lowest BCUT2D eigenvalue weighted by atomic mass is 10.7. The number of thioether (sulfide) groups is 1. The number of hydrogen-bond acceptors (Lipinski definition) is 2. The van der Waals surface area contributed by atoms with E-state index < -0.39 is 0 Å². The molecule has 0 unspecified atom stereocenters. The van der Waals surface area contributed by atoms with E-state index in [0.717, 1.165) is 5.75 Å². The van der Waals surface area contributed by atoms with Gasteiger partial charge in [-0.3, -0.25) is 0 Å². The van der Waals surface area contributed by atoms with Crippen molar-refractivity contribution in [2.24, 2.45) is 0 Å². The fraction of sp³-hybridized carbons (Fsp3) is 0.429. The van der Waals surface area contributed by atoms with Crippen molar-refractivity contribution < 1.29 is 0 Å². The van der Waals surface area contributed by atoms with E-state index in [1.54, 1.807) is 0 Å². The van der Waals surface area contributed by atoms with Gasteiger partial charge in [-0.1, -0.05) is 23.6 Å². The molecule has 0 rings (SSSR count). The van der Waals surface area contributed by atoms with E-state index >= 15 is 0 Å². The van der Waals surface area contributed by atoms with Crippen molar-refractivity contribution in [3.63, 3.8) is 0 Å². The van der Waals surface area contributed by atoms with Crippen molar-refractivity contribution in [3.05, 3.63) is 0 Å². The zero-order valence-electron chi connectivity index (χ0n) is 5.27. The van der Waals surface area contributed by atoms with Crippen LogP contribution < -0.4 is 0 Å². The van der Waals surface area contributed by atoms with Crippen molar-refractivity contribution in [2.75, 3.05) is 11.5 Å². The fourth-order valence-electron chi connectivity index (χ4n) is 0.228. The summed E-state index contributed by atoms with van der Waals surface area (Å²) < 4.78 is 0. The average molecular weight is 156 g/mol. The van der Waals surface area contributed by atoms with Gasteiger partial charge in [0.1, 0.15) is 0 Å². The monoisotopic (exact) mass is 156 g/mol. The molecule has 0 N–H and O–H groups in total. The second-order valence-electron chi connectivity index (χ2n) is 1.15. The lowest BCUT2D eigenvalue weighted by Gasteiger charge is -1.75. The zero-order valence-corrected chi connectivity index (χ0v) is 6.98. The summed E-state index contributed by atoms with van der Waals surface area (Å²) in [6, 6.07) is 0. The molecule has 0 amide bonds. The Morgan fingerprint density at radius 1 is 1.44 bits per heavy atom. The van der Waals surface area contributed by atoms with Crippen molar-refractivity contribution in [2.45, 2.75) is 6.92 Å². The van der Waals surface area contributed by atoms with Gasteiger partial charge in [0.05, 0.1) is 11.5 Å². The van der Waals surface area contributed by atoms with E-state index in [9.17, 15) is 0 Å². The Labute approximate surface area is 66.2 Å². The first-order valence-electron chi connectivity index (χ1n) is 2.52. The van der Waals surface area contributed by atoms with Gasteiger partial charge < -0.3 is 0 Å². The minimum absolute atomic E-state index is 0.632. The third-order valence-corrected chi connectivity index (χ3v) is 1.28. The van der Waals surface area contributed by atoms with Gasteiger partial charge in [0.15, 0.2) is 0 Å². The van der Waals surface area contributed by atoms with Crippen LogP contribution in [0.2, 0.25) is 0 Å². The highest BCUT2D eigenvalue weighted by molar-refractivity contribution is 8.04. The van der Waals surface area contributed by atoms with Crippen molar-refractivity contribution in [3.8, 4) is 23.0 Å². The summed E-state index contributed by atoms with van der Waals surface area (Å²) in [7, 11) is 0. The standard InChI is InChI=1S/C7H8S2/c1-2-3-6-9-7-4-5-8/h8H,5-6H2,1H3. The molecule has 0 fully saturated rings.